The fraction of sp³-hybridized carbons (Fsp3) is 0.909. The second kappa shape index (κ2) is 47.1. The minimum absolute atomic E-state index is 0.0622. The van der Waals surface area contributed by atoms with E-state index in [0.29, 0.717) is 17.4 Å². The Morgan fingerprint density at radius 3 is 1.20 bits per heavy atom. The van der Waals surface area contributed by atoms with Crippen LogP contribution < -0.4 is 5.32 Å². The number of hydrogen-bond acceptors (Lipinski definition) is 5. The van der Waals surface area contributed by atoms with E-state index in [0.717, 1.165) is 38.5 Å². The molecular weight excluding hydrogens is 816 g/mol. The molecule has 64 heavy (non-hydrogen) atoms. The number of unbranched alkanes of at least 4 members (excludes halogenated alkanes) is 36. The van der Waals surface area contributed by atoms with Gasteiger partial charge in [-0.3, -0.25) is 13.8 Å². The van der Waals surface area contributed by atoms with E-state index >= 15 is 0 Å². The largest absolute Gasteiger partial charge is 0.472 e. The normalized spacial score (nSPS) is 14.2. The lowest BCUT2D eigenvalue weighted by Gasteiger charge is -2.25. The van der Waals surface area contributed by atoms with Gasteiger partial charge in [-0.15, -0.1) is 0 Å². The molecule has 0 aromatic carbocycles. The number of rotatable bonds is 51. The summed E-state index contributed by atoms with van der Waals surface area (Å²) in [5, 5.41) is 13.9. The molecule has 0 spiro atoms. The van der Waals surface area contributed by atoms with Crippen molar-refractivity contribution in [2.24, 2.45) is 0 Å². The van der Waals surface area contributed by atoms with Crippen LogP contribution in [0.15, 0.2) is 24.3 Å². The fourth-order valence-corrected chi connectivity index (χ4v) is 9.01. The molecule has 0 aliphatic carbocycles. The third-order valence-corrected chi connectivity index (χ3v) is 13.6. The van der Waals surface area contributed by atoms with Crippen LogP contribution in [0, 0.1) is 0 Å². The van der Waals surface area contributed by atoms with Gasteiger partial charge < -0.3 is 19.8 Å². The molecule has 0 aromatic heterocycles. The van der Waals surface area contributed by atoms with Crippen LogP contribution in [-0.2, 0) is 18.4 Å². The van der Waals surface area contributed by atoms with Gasteiger partial charge in [0.15, 0.2) is 0 Å². The van der Waals surface area contributed by atoms with Gasteiger partial charge in [-0.1, -0.05) is 244 Å². The van der Waals surface area contributed by atoms with Gasteiger partial charge in [0.05, 0.1) is 39.9 Å². The number of aliphatic hydroxyl groups is 1. The lowest BCUT2D eigenvalue weighted by Crippen LogP contribution is -2.45. The Morgan fingerprint density at radius 2 is 0.844 bits per heavy atom. The van der Waals surface area contributed by atoms with Crippen LogP contribution in [0.25, 0.3) is 0 Å². The van der Waals surface area contributed by atoms with Crippen molar-refractivity contribution >= 4 is 13.7 Å². The molecule has 3 N–H and O–H groups in total. The van der Waals surface area contributed by atoms with Crippen molar-refractivity contribution in [3.8, 4) is 0 Å². The average molecular weight is 926 g/mol. The van der Waals surface area contributed by atoms with E-state index in [4.69, 9.17) is 9.05 Å². The maximum absolute atomic E-state index is 13.0. The summed E-state index contributed by atoms with van der Waals surface area (Å²) in [5.74, 6) is -0.178. The monoisotopic (exact) mass is 926 g/mol. The smallest absolute Gasteiger partial charge is 0.387 e. The van der Waals surface area contributed by atoms with Crippen LogP contribution in [0.3, 0.4) is 0 Å². The molecule has 3 atom stereocenters. The molecular formula is C55H110N2O6P+. The summed E-state index contributed by atoms with van der Waals surface area (Å²) < 4.78 is 23.7. The maximum atomic E-state index is 13.0. The molecule has 0 fully saturated rings. The van der Waals surface area contributed by atoms with E-state index in [9.17, 15) is 19.4 Å². The number of aliphatic hydroxyl groups excluding tert-OH is 1. The number of nitrogens with zero attached hydrogens (tertiary/aromatic N) is 1. The van der Waals surface area contributed by atoms with E-state index in [1.165, 1.54) is 212 Å². The third-order valence-electron chi connectivity index (χ3n) is 12.7. The molecule has 380 valence electrons. The number of carbonyl (C=O) groups excluding carboxylic acids is 1. The Morgan fingerprint density at radius 1 is 0.516 bits per heavy atom. The first-order valence-corrected chi connectivity index (χ1v) is 29.2. The number of hydrogen-bond donors (Lipinski definition) is 3. The number of quaternary nitrogens is 1. The molecule has 8 nitrogen and oxygen atoms in total. The van der Waals surface area contributed by atoms with Gasteiger partial charge >= 0.3 is 7.82 Å². The maximum Gasteiger partial charge on any atom is 0.472 e. The van der Waals surface area contributed by atoms with Gasteiger partial charge in [-0.05, 0) is 44.9 Å². The predicted octanol–water partition coefficient (Wildman–Crippen LogP) is 16.4. The number of phosphoric acid groups is 1. The van der Waals surface area contributed by atoms with Crippen LogP contribution in [0.1, 0.15) is 271 Å². The van der Waals surface area contributed by atoms with Gasteiger partial charge in [0.2, 0.25) is 5.91 Å². The predicted molar refractivity (Wildman–Crippen MR) is 277 cm³/mol. The van der Waals surface area contributed by atoms with Crippen molar-refractivity contribution < 1.29 is 32.9 Å². The van der Waals surface area contributed by atoms with Crippen molar-refractivity contribution in [1.29, 1.82) is 0 Å². The quantitative estimate of drug-likeness (QED) is 0.0243. The van der Waals surface area contributed by atoms with Crippen LogP contribution in [0.4, 0.5) is 0 Å². The molecule has 0 saturated heterocycles. The van der Waals surface area contributed by atoms with Crippen LogP contribution in [-0.4, -0.2) is 73.4 Å². The van der Waals surface area contributed by atoms with E-state index < -0.39 is 20.0 Å². The number of amides is 1. The molecule has 0 rings (SSSR count). The molecule has 0 aliphatic rings. The summed E-state index contributed by atoms with van der Waals surface area (Å²) in [4.78, 5) is 23.3. The fourth-order valence-electron chi connectivity index (χ4n) is 8.27. The van der Waals surface area contributed by atoms with Crippen LogP contribution >= 0.6 is 7.82 Å². The minimum Gasteiger partial charge on any atom is -0.387 e. The zero-order chi connectivity index (χ0) is 47.1. The number of carbonyl (C=O) groups is 1. The Balaban J connectivity index is 4.24. The SMILES string of the molecule is CCCCCCCCCCCCCC/C=C\CCCCCCCCCC(=O)NC(COP(=O)(O)OCC[N+](C)(C)C)C(O)/C=C/CCCCCCCCCCCCCCCCCCC. The molecule has 0 aromatic rings. The second-order valence-electron chi connectivity index (χ2n) is 20.3. The van der Waals surface area contributed by atoms with Crippen molar-refractivity contribution in [3.63, 3.8) is 0 Å². The van der Waals surface area contributed by atoms with Crippen LogP contribution in [0.2, 0.25) is 0 Å². The number of nitrogens with one attached hydrogen (secondary N) is 1. The molecule has 1 amide bonds. The Hall–Kier alpha value is -1.02. The molecule has 0 saturated carbocycles. The standard InChI is InChI=1S/C55H109N2O6P/c1-6-8-10-12-14-16-18-20-22-24-26-27-28-29-31-33-35-37-39-41-43-45-47-49-55(59)56-53(52-63-64(60,61)62-51-50-57(3,4)5)54(58)48-46-44-42-40-38-36-34-32-30-25-23-21-19-17-15-13-11-9-7-2/h29,31,46,48,53-54,58H,6-28,30,32-45,47,49-52H2,1-5H3,(H-,56,59,60,61)/p+1/b31-29-,48-46+. The summed E-state index contributed by atoms with van der Waals surface area (Å²) in [6.07, 6.45) is 58.4. The summed E-state index contributed by atoms with van der Waals surface area (Å²) in [6, 6.07) is -0.847. The molecule has 0 heterocycles. The highest BCUT2D eigenvalue weighted by Gasteiger charge is 2.27. The van der Waals surface area contributed by atoms with Gasteiger partial charge in [0, 0.05) is 6.42 Å². The lowest BCUT2D eigenvalue weighted by atomic mass is 10.0. The Kier molecular flexibility index (Phi) is 46.3. The number of phosphoric ester groups is 1. The van der Waals surface area contributed by atoms with Crippen molar-refractivity contribution in [2.45, 2.75) is 283 Å². The zero-order valence-corrected chi connectivity index (χ0v) is 44.2. The van der Waals surface area contributed by atoms with E-state index in [1.807, 2.05) is 27.2 Å². The second-order valence-corrected chi connectivity index (χ2v) is 21.8. The third kappa shape index (κ3) is 48.9. The highest BCUT2D eigenvalue weighted by atomic mass is 31.2. The minimum atomic E-state index is -4.34. The molecule has 0 radical (unpaired) electrons. The van der Waals surface area contributed by atoms with Crippen molar-refractivity contribution in [2.75, 3.05) is 40.9 Å². The summed E-state index contributed by atoms with van der Waals surface area (Å²) in [5.41, 5.74) is 0. The first-order valence-electron chi connectivity index (χ1n) is 27.7. The van der Waals surface area contributed by atoms with Gasteiger partial charge in [-0.2, -0.15) is 0 Å². The summed E-state index contributed by atoms with van der Waals surface area (Å²) in [7, 11) is 1.58. The zero-order valence-electron chi connectivity index (χ0n) is 43.3. The lowest BCUT2D eigenvalue weighted by molar-refractivity contribution is -0.870. The summed E-state index contributed by atoms with van der Waals surface area (Å²) in [6.45, 7) is 4.85. The average Bonchev–Trinajstić information content (AvgIpc) is 3.25. The number of allylic oxidation sites excluding steroid dienone is 3. The Bertz CT molecular complexity index is 1090. The van der Waals surface area contributed by atoms with Crippen molar-refractivity contribution in [3.05, 3.63) is 24.3 Å². The van der Waals surface area contributed by atoms with Crippen LogP contribution in [0.5, 0.6) is 0 Å². The Labute approximate surface area is 398 Å². The highest BCUT2D eigenvalue weighted by Crippen LogP contribution is 2.43. The summed E-state index contributed by atoms with van der Waals surface area (Å²) >= 11 is 0. The van der Waals surface area contributed by atoms with E-state index in [-0.39, 0.29) is 19.1 Å². The highest BCUT2D eigenvalue weighted by molar-refractivity contribution is 7.47. The number of likely N-dealkylation sites (N-methyl/N-ethyl adjacent to an activating group) is 1. The molecule has 9 heteroatoms. The van der Waals surface area contributed by atoms with E-state index in [2.05, 4.69) is 31.3 Å². The first kappa shape index (κ1) is 63.0. The molecule has 3 unspecified atom stereocenters. The first-order chi connectivity index (χ1) is 31.0. The van der Waals surface area contributed by atoms with Crippen molar-refractivity contribution in [1.82, 2.24) is 5.32 Å². The van der Waals surface area contributed by atoms with Gasteiger partial charge in [-0.25, -0.2) is 4.57 Å². The molecule has 0 bridgehead atoms. The van der Waals surface area contributed by atoms with Gasteiger partial charge in [0.25, 0.3) is 0 Å². The topological polar surface area (TPSA) is 105 Å². The molecule has 0 aliphatic heterocycles. The van der Waals surface area contributed by atoms with Gasteiger partial charge in [0.1, 0.15) is 13.2 Å². The van der Waals surface area contributed by atoms with E-state index in [1.54, 1.807) is 6.08 Å².